The second-order valence-electron chi connectivity index (χ2n) is 15.2. The average Bonchev–Trinajstić information content (AvgIpc) is 3.99. The number of sulfonamides is 1. The molecule has 0 spiro atoms. The van der Waals surface area contributed by atoms with E-state index >= 15 is 0 Å². The van der Waals surface area contributed by atoms with Gasteiger partial charge in [0, 0.05) is 43.9 Å². The summed E-state index contributed by atoms with van der Waals surface area (Å²) in [4.78, 5) is 63.4. The average molecular weight is 706 g/mol. The van der Waals surface area contributed by atoms with Crippen molar-refractivity contribution in [3.8, 4) is 5.88 Å². The lowest BCUT2D eigenvalue weighted by Crippen LogP contribution is -2.57. The zero-order chi connectivity index (χ0) is 36.0. The highest BCUT2D eigenvalue weighted by molar-refractivity contribution is 7.91. The molecule has 4 amide bonds. The highest BCUT2D eigenvalue weighted by Crippen LogP contribution is 2.46. The highest BCUT2D eigenvalue weighted by Gasteiger charge is 2.62. The predicted octanol–water partition coefficient (Wildman–Crippen LogP) is 3.57. The Hall–Kier alpha value is -4.26. The molecule has 4 aliphatic rings. The summed E-state index contributed by atoms with van der Waals surface area (Å²) in [7, 11) is -2.13. The van der Waals surface area contributed by atoms with E-state index in [0.29, 0.717) is 25.3 Å². The molecule has 0 radical (unpaired) electrons. The summed E-state index contributed by atoms with van der Waals surface area (Å²) in [5, 5.41) is 3.93. The van der Waals surface area contributed by atoms with Gasteiger partial charge in [0.05, 0.1) is 17.7 Å². The number of hydrogen-bond acceptors (Lipinski definition) is 8. The first-order chi connectivity index (χ1) is 23.6. The number of allylic oxidation sites excluding steroid dienone is 1. The fourth-order valence-corrected chi connectivity index (χ4v) is 8.36. The van der Waals surface area contributed by atoms with Crippen LogP contribution >= 0.6 is 0 Å². The number of fused-ring (bicyclic) bond motifs is 3. The summed E-state index contributed by atoms with van der Waals surface area (Å²) in [6.45, 7) is 10.0. The monoisotopic (exact) mass is 705 g/mol. The van der Waals surface area contributed by atoms with E-state index in [1.807, 2.05) is 51.1 Å². The van der Waals surface area contributed by atoms with Gasteiger partial charge in [-0.15, -0.1) is 6.58 Å². The molecule has 13 heteroatoms. The summed E-state index contributed by atoms with van der Waals surface area (Å²) in [6.07, 6.45) is 9.33. The number of aromatic nitrogens is 1. The van der Waals surface area contributed by atoms with Gasteiger partial charge in [0.1, 0.15) is 17.7 Å². The third-order valence-corrected chi connectivity index (χ3v) is 12.3. The minimum atomic E-state index is -3.87. The number of ether oxygens (including phenoxy) is 1. The molecule has 2 aliphatic heterocycles. The molecular weight excluding hydrogens is 659 g/mol. The standard InChI is InChI=1S/C37H47N5O7S/c1-6-25-21-37(25,35(46)40-50(47,48)27-13-14-27)39-32(44)30-19-26-22-42(30)34(45)29(36(2,3)4)20-31(43)41(5)17-9-7-8-10-23-11-12-24-15-16-38-33(49-26)28(24)18-23/h6,8,10-12,15-16,18,25-27,29-30H,1,7,9,13-14,17,19-22H2,2-5H3,(H,39,44)(H,40,46)/b10-8+/t25-,26-,29-,30+,37-/m1/s1. The first kappa shape index (κ1) is 35.6. The first-order valence-corrected chi connectivity index (χ1v) is 18.9. The SMILES string of the molecule is C=C[C@@H]1C[C@]1(NC(=O)[C@@H]1C[C@@H]2CN1C(=O)[C@H](C(C)(C)C)CC(=O)N(C)CCC/C=C/c1ccc3ccnc(c3c1)O2)C(=O)NS(=O)(=O)C1CC1. The lowest BCUT2D eigenvalue weighted by atomic mass is 9.77. The van der Waals surface area contributed by atoms with Crippen LogP contribution in [-0.2, 0) is 29.2 Å². The van der Waals surface area contributed by atoms with Crippen LogP contribution in [0.5, 0.6) is 5.88 Å². The van der Waals surface area contributed by atoms with E-state index in [-0.39, 0.29) is 37.6 Å². The van der Waals surface area contributed by atoms with Crippen molar-refractivity contribution in [2.24, 2.45) is 17.3 Å². The predicted molar refractivity (Wildman–Crippen MR) is 189 cm³/mol. The van der Waals surface area contributed by atoms with Crippen molar-refractivity contribution in [3.05, 3.63) is 54.8 Å². The van der Waals surface area contributed by atoms with E-state index in [1.54, 1.807) is 18.1 Å². The van der Waals surface area contributed by atoms with Gasteiger partial charge in [-0.1, -0.05) is 51.1 Å². The Morgan fingerprint density at radius 1 is 1.16 bits per heavy atom. The van der Waals surface area contributed by atoms with Crippen molar-refractivity contribution >= 4 is 50.5 Å². The van der Waals surface area contributed by atoms with Crippen LogP contribution in [0.15, 0.2) is 49.2 Å². The van der Waals surface area contributed by atoms with Crippen molar-refractivity contribution in [3.63, 3.8) is 0 Å². The highest BCUT2D eigenvalue weighted by atomic mass is 32.2. The van der Waals surface area contributed by atoms with Gasteiger partial charge in [0.2, 0.25) is 33.6 Å². The maximum Gasteiger partial charge on any atom is 0.259 e. The Bertz CT molecular complexity index is 1850. The van der Waals surface area contributed by atoms with Gasteiger partial charge in [-0.2, -0.15) is 0 Å². The zero-order valence-electron chi connectivity index (χ0n) is 29.2. The van der Waals surface area contributed by atoms with Crippen LogP contribution < -0.4 is 14.8 Å². The third-order valence-electron chi connectivity index (χ3n) is 10.5. The van der Waals surface area contributed by atoms with Crippen molar-refractivity contribution in [1.82, 2.24) is 24.8 Å². The molecule has 50 heavy (non-hydrogen) atoms. The van der Waals surface area contributed by atoms with Crippen LogP contribution in [0.1, 0.15) is 71.3 Å². The van der Waals surface area contributed by atoms with E-state index in [9.17, 15) is 27.6 Å². The molecule has 1 aromatic heterocycles. The minimum Gasteiger partial charge on any atom is -0.472 e. The number of nitrogens with one attached hydrogen (secondary N) is 2. The zero-order valence-corrected chi connectivity index (χ0v) is 30.0. The molecule has 2 saturated carbocycles. The summed E-state index contributed by atoms with van der Waals surface area (Å²) >= 11 is 0. The van der Waals surface area contributed by atoms with E-state index in [1.165, 1.54) is 11.0 Å². The minimum absolute atomic E-state index is 0.0413. The number of hydrogen-bond donors (Lipinski definition) is 2. The van der Waals surface area contributed by atoms with Crippen LogP contribution in [0.25, 0.3) is 16.8 Å². The molecule has 0 unspecified atom stereocenters. The van der Waals surface area contributed by atoms with Crippen LogP contribution in [0.4, 0.5) is 0 Å². The van der Waals surface area contributed by atoms with Crippen molar-refractivity contribution in [2.75, 3.05) is 20.1 Å². The molecular formula is C37H47N5O7S. The lowest BCUT2D eigenvalue weighted by Gasteiger charge is -2.35. The summed E-state index contributed by atoms with van der Waals surface area (Å²) < 4.78 is 34.0. The van der Waals surface area contributed by atoms with Gasteiger partial charge in [0.15, 0.2) is 0 Å². The van der Waals surface area contributed by atoms with Gasteiger partial charge in [-0.3, -0.25) is 23.9 Å². The smallest absolute Gasteiger partial charge is 0.259 e. The van der Waals surface area contributed by atoms with Crippen LogP contribution in [0, 0.1) is 17.3 Å². The van der Waals surface area contributed by atoms with Crippen LogP contribution in [-0.4, -0.2) is 89.9 Å². The Morgan fingerprint density at radius 3 is 2.60 bits per heavy atom. The van der Waals surface area contributed by atoms with E-state index in [2.05, 4.69) is 27.7 Å². The third kappa shape index (κ3) is 7.28. The Morgan fingerprint density at radius 2 is 1.92 bits per heavy atom. The van der Waals surface area contributed by atoms with Crippen LogP contribution in [0.3, 0.4) is 0 Å². The quantitative estimate of drug-likeness (QED) is 0.433. The Kier molecular flexibility index (Phi) is 9.57. The second-order valence-corrected chi connectivity index (χ2v) is 17.2. The molecule has 4 bridgehead atoms. The molecule has 2 aliphatic carbocycles. The molecule has 1 saturated heterocycles. The molecule has 12 nitrogen and oxygen atoms in total. The van der Waals surface area contributed by atoms with Crippen LogP contribution in [0.2, 0.25) is 0 Å². The van der Waals surface area contributed by atoms with Gasteiger partial charge < -0.3 is 19.9 Å². The van der Waals surface area contributed by atoms with E-state index in [0.717, 1.165) is 29.2 Å². The summed E-state index contributed by atoms with van der Waals surface area (Å²) in [5.74, 6) is -2.82. The molecule has 1 aromatic carbocycles. The Balaban J connectivity index is 1.34. The molecule has 5 atom stereocenters. The molecule has 3 heterocycles. The molecule has 268 valence electrons. The maximum atomic E-state index is 14.6. The number of rotatable bonds is 6. The lowest BCUT2D eigenvalue weighted by molar-refractivity contribution is -0.148. The van der Waals surface area contributed by atoms with Gasteiger partial charge in [0.25, 0.3) is 5.91 Å². The normalized spacial score (nSPS) is 28.4. The number of benzene rings is 1. The van der Waals surface area contributed by atoms with Gasteiger partial charge in [-0.05, 0) is 60.6 Å². The van der Waals surface area contributed by atoms with Gasteiger partial charge >= 0.3 is 0 Å². The molecule has 6 rings (SSSR count). The molecule has 2 N–H and O–H groups in total. The van der Waals surface area contributed by atoms with Crippen molar-refractivity contribution in [2.45, 2.75) is 88.7 Å². The van der Waals surface area contributed by atoms with E-state index < -0.39 is 62.0 Å². The first-order valence-electron chi connectivity index (χ1n) is 17.4. The van der Waals surface area contributed by atoms with Crippen molar-refractivity contribution in [1.29, 1.82) is 0 Å². The fourth-order valence-electron chi connectivity index (χ4n) is 6.99. The number of nitrogens with zero attached hydrogens (tertiary/aromatic N) is 3. The number of pyridine rings is 1. The number of carbonyl (C=O) groups excluding carboxylic acids is 4. The van der Waals surface area contributed by atoms with Gasteiger partial charge in [-0.25, -0.2) is 13.4 Å². The number of amides is 4. The number of carbonyl (C=O) groups is 4. The topological polar surface area (TPSA) is 155 Å². The molecule has 2 aromatic rings. The summed E-state index contributed by atoms with van der Waals surface area (Å²) in [6, 6.07) is 6.82. The maximum absolute atomic E-state index is 14.6. The summed E-state index contributed by atoms with van der Waals surface area (Å²) in [5.41, 5.74) is -1.18. The van der Waals surface area contributed by atoms with Crippen molar-refractivity contribution < 1.29 is 32.3 Å². The molecule has 3 fully saturated rings. The Labute approximate surface area is 293 Å². The fraction of sp³-hybridized carbons (Fsp3) is 0.541. The largest absolute Gasteiger partial charge is 0.472 e. The van der Waals surface area contributed by atoms with E-state index in [4.69, 9.17) is 4.74 Å². The second kappa shape index (κ2) is 13.5.